The predicted octanol–water partition coefficient (Wildman–Crippen LogP) is 3.18. The van der Waals surface area contributed by atoms with Gasteiger partial charge in [-0.15, -0.1) is 0 Å². The monoisotopic (exact) mass is 337 g/mol. The lowest BCUT2D eigenvalue weighted by molar-refractivity contribution is 0.0957. The number of hydrogen-bond acceptors (Lipinski definition) is 5. The minimum Gasteiger partial charge on any atom is -0.441 e. The molecule has 3 heterocycles. The molecule has 1 aromatic carbocycles. The van der Waals surface area contributed by atoms with Gasteiger partial charge in [-0.25, -0.2) is 4.79 Å². The second kappa shape index (κ2) is 6.18. The van der Waals surface area contributed by atoms with E-state index >= 15 is 0 Å². The molecule has 1 aliphatic rings. The van der Waals surface area contributed by atoms with Crippen molar-refractivity contribution in [1.82, 2.24) is 20.1 Å². The van der Waals surface area contributed by atoms with Gasteiger partial charge in [-0.1, -0.05) is 0 Å². The second-order valence-corrected chi connectivity index (χ2v) is 6.40. The van der Waals surface area contributed by atoms with Gasteiger partial charge in [-0.2, -0.15) is 5.10 Å². The molecule has 128 valence electrons. The summed E-state index contributed by atoms with van der Waals surface area (Å²) in [5.74, 6) is 0. The predicted molar refractivity (Wildman–Crippen MR) is 95.3 cm³/mol. The van der Waals surface area contributed by atoms with E-state index in [1.165, 1.54) is 0 Å². The largest absolute Gasteiger partial charge is 0.441 e. The van der Waals surface area contributed by atoms with Crippen LogP contribution in [0, 0.1) is 0 Å². The quantitative estimate of drug-likeness (QED) is 0.764. The molecule has 0 fully saturated rings. The van der Waals surface area contributed by atoms with E-state index in [0.717, 1.165) is 46.4 Å². The number of carbonyl (C=O) groups excluding carboxylic acids is 1. The number of amides is 1. The Bertz CT molecular complexity index is 920. The first-order valence-electron chi connectivity index (χ1n) is 8.16. The van der Waals surface area contributed by atoms with Gasteiger partial charge in [0.05, 0.1) is 11.2 Å². The molecule has 3 aromatic rings. The third kappa shape index (κ3) is 2.94. The van der Waals surface area contributed by atoms with Crippen molar-refractivity contribution in [3.63, 3.8) is 0 Å². The highest BCUT2D eigenvalue weighted by atomic mass is 16.6. The number of rotatable bonds is 4. The first-order chi connectivity index (χ1) is 12.1. The number of aromatic nitrogens is 3. The number of anilines is 1. The first kappa shape index (κ1) is 15.6. The number of benzene rings is 1. The molecule has 0 saturated carbocycles. The first-order valence-corrected chi connectivity index (χ1v) is 8.16. The van der Waals surface area contributed by atoms with Gasteiger partial charge in [0.1, 0.15) is 11.8 Å². The fourth-order valence-corrected chi connectivity index (χ4v) is 3.11. The topological polar surface area (TPSA) is 83.1 Å². The summed E-state index contributed by atoms with van der Waals surface area (Å²) >= 11 is 0. The van der Waals surface area contributed by atoms with Crippen molar-refractivity contribution in [2.24, 2.45) is 0 Å². The Kier molecular flexibility index (Phi) is 3.85. The molecule has 1 aliphatic heterocycles. The average Bonchev–Trinajstić information content (AvgIpc) is 3.01. The number of carbonyl (C=O) groups is 1. The molecule has 2 N–H and O–H groups in total. The maximum Gasteiger partial charge on any atom is 0.412 e. The summed E-state index contributed by atoms with van der Waals surface area (Å²) in [6, 6.07) is 7.84. The number of hydrogen-bond donors (Lipinski definition) is 2. The zero-order valence-electron chi connectivity index (χ0n) is 14.1. The van der Waals surface area contributed by atoms with Gasteiger partial charge < -0.3 is 9.64 Å². The molecule has 0 aliphatic carbocycles. The molecule has 2 aromatic heterocycles. The van der Waals surface area contributed by atoms with Gasteiger partial charge in [0.15, 0.2) is 0 Å². The Morgan fingerprint density at radius 2 is 2.04 bits per heavy atom. The molecule has 7 heteroatoms. The van der Waals surface area contributed by atoms with Crippen molar-refractivity contribution >= 4 is 22.7 Å². The van der Waals surface area contributed by atoms with Crippen molar-refractivity contribution in [1.29, 1.82) is 0 Å². The number of H-pyrrole nitrogens is 1. The summed E-state index contributed by atoms with van der Waals surface area (Å²) in [4.78, 5) is 18.0. The lowest BCUT2D eigenvalue weighted by Crippen LogP contribution is -2.27. The number of nitrogens with zero attached hydrogens (tertiary/aromatic N) is 3. The fraction of sp³-hybridized carbons (Fsp3) is 0.278. The van der Waals surface area contributed by atoms with Crippen LogP contribution in [0.4, 0.5) is 10.5 Å². The third-order valence-corrected chi connectivity index (χ3v) is 4.36. The fourth-order valence-electron chi connectivity index (χ4n) is 3.11. The van der Waals surface area contributed by atoms with Crippen LogP contribution in [-0.2, 0) is 4.74 Å². The summed E-state index contributed by atoms with van der Waals surface area (Å²) in [5, 5.41) is 11.3. The second-order valence-electron chi connectivity index (χ2n) is 6.40. The highest BCUT2D eigenvalue weighted by Gasteiger charge is 2.27. The normalized spacial score (nSPS) is 16.6. The van der Waals surface area contributed by atoms with E-state index in [4.69, 9.17) is 4.74 Å². The van der Waals surface area contributed by atoms with Gasteiger partial charge in [0, 0.05) is 41.9 Å². The van der Waals surface area contributed by atoms with Crippen molar-refractivity contribution in [2.45, 2.75) is 12.5 Å². The lowest BCUT2D eigenvalue weighted by Gasteiger charge is -2.27. The molecule has 0 bridgehead atoms. The number of aromatic amines is 1. The molecule has 0 spiro atoms. The number of ether oxygens (including phenoxy) is 1. The van der Waals surface area contributed by atoms with Crippen LogP contribution in [0.2, 0.25) is 0 Å². The molecule has 1 amide bonds. The van der Waals surface area contributed by atoms with Gasteiger partial charge >= 0.3 is 6.09 Å². The lowest BCUT2D eigenvalue weighted by atomic mass is 9.98. The summed E-state index contributed by atoms with van der Waals surface area (Å²) in [6.07, 6.45) is 3.55. The van der Waals surface area contributed by atoms with Crippen LogP contribution in [0.15, 0.2) is 36.7 Å². The van der Waals surface area contributed by atoms with E-state index in [1.54, 1.807) is 12.4 Å². The van der Waals surface area contributed by atoms with Crippen LogP contribution < -0.4 is 5.32 Å². The Hall–Kier alpha value is -2.93. The Labute approximate surface area is 145 Å². The maximum atomic E-state index is 11.9. The zero-order valence-corrected chi connectivity index (χ0v) is 14.1. The smallest absolute Gasteiger partial charge is 0.412 e. The molecule has 25 heavy (non-hydrogen) atoms. The molecule has 7 nitrogen and oxygen atoms in total. The highest BCUT2D eigenvalue weighted by molar-refractivity contribution is 5.98. The Balaban J connectivity index is 1.80. The maximum absolute atomic E-state index is 11.9. The SMILES string of the molecule is CN(C)CCC1OC(=O)Nc2cc3[nH]nc(-c4ccncc4)c3cc21. The molecule has 0 saturated heterocycles. The van der Waals surface area contributed by atoms with E-state index in [-0.39, 0.29) is 6.10 Å². The van der Waals surface area contributed by atoms with Crippen LogP contribution in [0.25, 0.3) is 22.2 Å². The van der Waals surface area contributed by atoms with Crippen molar-refractivity contribution < 1.29 is 9.53 Å². The van der Waals surface area contributed by atoms with E-state index in [1.807, 2.05) is 32.3 Å². The van der Waals surface area contributed by atoms with Crippen LogP contribution in [0.5, 0.6) is 0 Å². The average molecular weight is 337 g/mol. The summed E-state index contributed by atoms with van der Waals surface area (Å²) < 4.78 is 5.52. The molecule has 1 unspecified atom stereocenters. The van der Waals surface area contributed by atoms with Gasteiger partial charge in [-0.3, -0.25) is 15.4 Å². The van der Waals surface area contributed by atoms with E-state index in [2.05, 4.69) is 31.5 Å². The van der Waals surface area contributed by atoms with E-state index < -0.39 is 6.09 Å². The van der Waals surface area contributed by atoms with E-state index in [0.29, 0.717) is 0 Å². The molecule has 1 atom stereocenters. The summed E-state index contributed by atoms with van der Waals surface area (Å²) in [7, 11) is 4.01. The van der Waals surface area contributed by atoms with Crippen molar-refractivity contribution in [2.75, 3.05) is 26.0 Å². The van der Waals surface area contributed by atoms with Gasteiger partial charge in [0.2, 0.25) is 0 Å². The van der Waals surface area contributed by atoms with Crippen molar-refractivity contribution in [3.8, 4) is 11.3 Å². The van der Waals surface area contributed by atoms with Crippen molar-refractivity contribution in [3.05, 3.63) is 42.2 Å². The van der Waals surface area contributed by atoms with Crippen LogP contribution in [-0.4, -0.2) is 46.8 Å². The number of cyclic esters (lactones) is 1. The molecular formula is C18H19N5O2. The van der Waals surface area contributed by atoms with Crippen LogP contribution in [0.1, 0.15) is 18.1 Å². The number of pyridine rings is 1. The number of fused-ring (bicyclic) bond motifs is 2. The molecule has 0 radical (unpaired) electrons. The van der Waals surface area contributed by atoms with Crippen LogP contribution in [0.3, 0.4) is 0 Å². The highest BCUT2D eigenvalue weighted by Crippen LogP contribution is 2.38. The van der Waals surface area contributed by atoms with Crippen LogP contribution >= 0.6 is 0 Å². The minimum atomic E-state index is -0.413. The zero-order chi connectivity index (χ0) is 17.4. The third-order valence-electron chi connectivity index (χ3n) is 4.36. The van der Waals surface area contributed by atoms with Gasteiger partial charge in [-0.05, 0) is 38.4 Å². The van der Waals surface area contributed by atoms with Gasteiger partial charge in [0.25, 0.3) is 0 Å². The summed E-state index contributed by atoms with van der Waals surface area (Å²) in [6.45, 7) is 0.831. The van der Waals surface area contributed by atoms with E-state index in [9.17, 15) is 4.79 Å². The summed E-state index contributed by atoms with van der Waals surface area (Å²) in [5.41, 5.74) is 4.48. The Morgan fingerprint density at radius 1 is 1.24 bits per heavy atom. The molecule has 4 rings (SSSR count). The Morgan fingerprint density at radius 3 is 2.80 bits per heavy atom. The molecular weight excluding hydrogens is 318 g/mol. The number of nitrogens with one attached hydrogen (secondary N) is 2. The standard InChI is InChI=1S/C18H19N5O2/c1-23(2)8-5-16-12-9-13-15(10-14(12)20-18(24)25-16)21-22-17(13)11-3-6-19-7-4-11/h3-4,6-7,9-10,16H,5,8H2,1-2H3,(H,20,24)(H,21,22). The minimum absolute atomic E-state index is 0.268.